The quantitative estimate of drug-likeness (QED) is 0.745. The molecule has 1 aliphatic carbocycles. The molecule has 1 saturated carbocycles. The van der Waals surface area contributed by atoms with Crippen LogP contribution >= 0.6 is 11.8 Å². The molecule has 0 saturated heterocycles. The van der Waals surface area contributed by atoms with E-state index < -0.39 is 0 Å². The van der Waals surface area contributed by atoms with Crippen LogP contribution in [0.3, 0.4) is 0 Å². The van der Waals surface area contributed by atoms with Gasteiger partial charge < -0.3 is 10.1 Å². The van der Waals surface area contributed by atoms with Gasteiger partial charge in [0.1, 0.15) is 0 Å². The van der Waals surface area contributed by atoms with E-state index in [4.69, 9.17) is 4.74 Å². The third kappa shape index (κ3) is 5.07. The van der Waals surface area contributed by atoms with Crippen LogP contribution in [0.2, 0.25) is 0 Å². The maximum Gasteiger partial charge on any atom is 0.0616 e. The van der Waals surface area contributed by atoms with Gasteiger partial charge in [0.2, 0.25) is 0 Å². The van der Waals surface area contributed by atoms with Crippen LogP contribution in [0, 0.1) is 0 Å². The van der Waals surface area contributed by atoms with Crippen molar-refractivity contribution in [2.45, 2.75) is 63.8 Å². The fraction of sp³-hybridized carbons (Fsp3) is 1.00. The third-order valence-electron chi connectivity index (χ3n) is 3.15. The summed E-state index contributed by atoms with van der Waals surface area (Å²) in [5, 5.41) is 4.56. The fourth-order valence-corrected chi connectivity index (χ4v) is 3.62. The molecule has 1 aliphatic rings. The predicted octanol–water partition coefficient (Wildman–Crippen LogP) is 3.07. The molecule has 3 unspecified atom stereocenters. The van der Waals surface area contributed by atoms with Crippen LogP contribution in [0.15, 0.2) is 0 Å². The van der Waals surface area contributed by atoms with Gasteiger partial charge in [-0.2, -0.15) is 11.8 Å². The third-order valence-corrected chi connectivity index (χ3v) is 4.48. The minimum absolute atomic E-state index is 0.489. The summed E-state index contributed by atoms with van der Waals surface area (Å²) in [7, 11) is 0. The highest BCUT2D eigenvalue weighted by molar-refractivity contribution is 7.99. The molecule has 1 rings (SSSR count). The Hall–Kier alpha value is 0.270. The largest absolute Gasteiger partial charge is 0.380 e. The van der Waals surface area contributed by atoms with Gasteiger partial charge in [0, 0.05) is 23.9 Å². The Bertz CT molecular complexity index is 175. The Balaban J connectivity index is 2.30. The standard InChI is InChI=1S/C13H27NOS/c1-4-15-10-11(3)14-12-8-6-7-9-13(12)16-5-2/h11-14H,4-10H2,1-3H3. The Morgan fingerprint density at radius 1 is 1.31 bits per heavy atom. The first-order valence-corrected chi connectivity index (χ1v) is 7.78. The Morgan fingerprint density at radius 3 is 2.75 bits per heavy atom. The summed E-state index contributed by atoms with van der Waals surface area (Å²) in [5.41, 5.74) is 0. The molecule has 3 atom stereocenters. The fourth-order valence-electron chi connectivity index (χ4n) is 2.41. The second-order valence-corrected chi connectivity index (χ2v) is 6.13. The molecule has 0 amide bonds. The van der Waals surface area contributed by atoms with E-state index in [9.17, 15) is 0 Å². The second-order valence-electron chi connectivity index (χ2n) is 4.61. The van der Waals surface area contributed by atoms with Crippen LogP contribution < -0.4 is 5.32 Å². The lowest BCUT2D eigenvalue weighted by molar-refractivity contribution is 0.121. The van der Waals surface area contributed by atoms with E-state index in [1.54, 1.807) is 0 Å². The highest BCUT2D eigenvalue weighted by atomic mass is 32.2. The lowest BCUT2D eigenvalue weighted by Gasteiger charge is -2.33. The van der Waals surface area contributed by atoms with Crippen molar-refractivity contribution in [2.24, 2.45) is 0 Å². The first-order valence-electron chi connectivity index (χ1n) is 6.73. The predicted molar refractivity (Wildman–Crippen MR) is 73.3 cm³/mol. The van der Waals surface area contributed by atoms with Gasteiger partial charge in [0.25, 0.3) is 0 Å². The minimum atomic E-state index is 0.489. The van der Waals surface area contributed by atoms with Gasteiger partial charge in [-0.3, -0.25) is 0 Å². The SMILES string of the molecule is CCOCC(C)NC1CCCCC1SCC. The molecule has 1 N–H and O–H groups in total. The summed E-state index contributed by atoms with van der Waals surface area (Å²) in [4.78, 5) is 0. The highest BCUT2D eigenvalue weighted by Gasteiger charge is 2.25. The number of nitrogens with one attached hydrogen (secondary N) is 1. The zero-order chi connectivity index (χ0) is 11.8. The number of ether oxygens (including phenoxy) is 1. The molecule has 2 nitrogen and oxygen atoms in total. The molecule has 0 bridgehead atoms. The summed E-state index contributed by atoms with van der Waals surface area (Å²) in [6.45, 7) is 8.22. The summed E-state index contributed by atoms with van der Waals surface area (Å²) in [5.74, 6) is 1.24. The minimum Gasteiger partial charge on any atom is -0.380 e. The molecule has 96 valence electrons. The number of hydrogen-bond donors (Lipinski definition) is 1. The topological polar surface area (TPSA) is 21.3 Å². The smallest absolute Gasteiger partial charge is 0.0616 e. The average Bonchev–Trinajstić information content (AvgIpc) is 2.29. The van der Waals surface area contributed by atoms with Crippen LogP contribution in [0.5, 0.6) is 0 Å². The Labute approximate surface area is 105 Å². The van der Waals surface area contributed by atoms with Crippen LogP contribution in [0.1, 0.15) is 46.5 Å². The van der Waals surface area contributed by atoms with Crippen molar-refractivity contribution >= 4 is 11.8 Å². The lowest BCUT2D eigenvalue weighted by Crippen LogP contribution is -2.46. The van der Waals surface area contributed by atoms with Gasteiger partial charge in [0.05, 0.1) is 6.61 Å². The average molecular weight is 245 g/mol. The molecular formula is C13H27NOS. The lowest BCUT2D eigenvalue weighted by atomic mass is 9.94. The van der Waals surface area contributed by atoms with E-state index in [1.165, 1.54) is 31.4 Å². The van der Waals surface area contributed by atoms with Gasteiger partial charge in [-0.05, 0) is 32.4 Å². The molecule has 0 aromatic rings. The summed E-state index contributed by atoms with van der Waals surface area (Å²) in [6, 6.07) is 1.19. The second kappa shape index (κ2) is 8.37. The molecule has 3 heteroatoms. The molecule has 0 heterocycles. The van der Waals surface area contributed by atoms with Crippen molar-refractivity contribution in [3.63, 3.8) is 0 Å². The van der Waals surface area contributed by atoms with Crippen molar-refractivity contribution in [1.82, 2.24) is 5.32 Å². The summed E-state index contributed by atoms with van der Waals surface area (Å²) >= 11 is 2.12. The molecule has 0 aliphatic heterocycles. The van der Waals surface area contributed by atoms with Crippen LogP contribution in [-0.4, -0.2) is 36.3 Å². The molecule has 0 radical (unpaired) electrons. The first-order chi connectivity index (χ1) is 7.77. The van der Waals surface area contributed by atoms with E-state index in [2.05, 4.69) is 37.8 Å². The molecule has 0 aromatic carbocycles. The molecule has 0 aromatic heterocycles. The van der Waals surface area contributed by atoms with Crippen molar-refractivity contribution in [3.05, 3.63) is 0 Å². The first kappa shape index (κ1) is 14.3. The molecular weight excluding hydrogens is 218 g/mol. The number of thioether (sulfide) groups is 1. The van der Waals surface area contributed by atoms with E-state index in [0.717, 1.165) is 18.5 Å². The van der Waals surface area contributed by atoms with E-state index in [0.29, 0.717) is 12.1 Å². The maximum absolute atomic E-state index is 5.46. The Kier molecular flexibility index (Phi) is 7.50. The van der Waals surface area contributed by atoms with E-state index in [1.807, 2.05) is 0 Å². The molecule has 16 heavy (non-hydrogen) atoms. The maximum atomic E-state index is 5.46. The van der Waals surface area contributed by atoms with Crippen molar-refractivity contribution in [2.75, 3.05) is 19.0 Å². The van der Waals surface area contributed by atoms with Gasteiger partial charge in [0.15, 0.2) is 0 Å². The Morgan fingerprint density at radius 2 is 2.06 bits per heavy atom. The molecule has 1 fully saturated rings. The summed E-state index contributed by atoms with van der Waals surface area (Å²) in [6.07, 6.45) is 5.53. The van der Waals surface area contributed by atoms with Crippen molar-refractivity contribution in [1.29, 1.82) is 0 Å². The van der Waals surface area contributed by atoms with Crippen LogP contribution in [-0.2, 0) is 4.74 Å². The normalized spacial score (nSPS) is 27.9. The van der Waals surface area contributed by atoms with Crippen LogP contribution in [0.25, 0.3) is 0 Å². The van der Waals surface area contributed by atoms with Gasteiger partial charge >= 0.3 is 0 Å². The highest BCUT2D eigenvalue weighted by Crippen LogP contribution is 2.28. The van der Waals surface area contributed by atoms with Gasteiger partial charge in [-0.15, -0.1) is 0 Å². The number of hydrogen-bond acceptors (Lipinski definition) is 3. The molecule has 0 spiro atoms. The summed E-state index contributed by atoms with van der Waals surface area (Å²) < 4.78 is 5.46. The van der Waals surface area contributed by atoms with Crippen molar-refractivity contribution in [3.8, 4) is 0 Å². The zero-order valence-electron chi connectivity index (χ0n) is 11.0. The zero-order valence-corrected chi connectivity index (χ0v) is 11.8. The monoisotopic (exact) mass is 245 g/mol. The van der Waals surface area contributed by atoms with E-state index >= 15 is 0 Å². The number of rotatable bonds is 7. The van der Waals surface area contributed by atoms with E-state index in [-0.39, 0.29) is 0 Å². The van der Waals surface area contributed by atoms with Gasteiger partial charge in [-0.25, -0.2) is 0 Å². The van der Waals surface area contributed by atoms with Crippen LogP contribution in [0.4, 0.5) is 0 Å². The van der Waals surface area contributed by atoms with Crippen molar-refractivity contribution < 1.29 is 4.74 Å². The van der Waals surface area contributed by atoms with Gasteiger partial charge in [-0.1, -0.05) is 19.8 Å².